The lowest BCUT2D eigenvalue weighted by atomic mass is 9.95. The van der Waals surface area contributed by atoms with E-state index >= 15 is 0 Å². The molecule has 1 aromatic carbocycles. The average molecular weight is 412 g/mol. The van der Waals surface area contributed by atoms with Crippen LogP contribution in [0.1, 0.15) is 36.5 Å². The fraction of sp³-hybridized carbons (Fsp3) is 0.583. The van der Waals surface area contributed by atoms with Gasteiger partial charge < -0.3 is 9.64 Å². The van der Waals surface area contributed by atoms with Crippen molar-refractivity contribution in [3.8, 4) is 0 Å². The normalized spacial score (nSPS) is 23.6. The number of amides is 2. The lowest BCUT2D eigenvalue weighted by molar-refractivity contribution is -0.138. The molecule has 2 saturated heterocycles. The Balaban J connectivity index is 1.65. The summed E-state index contributed by atoms with van der Waals surface area (Å²) in [5.74, 6) is 0.252. The molecule has 4 rings (SSSR count). The van der Waals surface area contributed by atoms with E-state index in [1.54, 1.807) is 0 Å². The van der Waals surface area contributed by atoms with E-state index in [0.29, 0.717) is 43.5 Å². The molecule has 0 aliphatic carbocycles. The van der Waals surface area contributed by atoms with Crippen LogP contribution < -0.4 is 0 Å². The molecule has 6 heteroatoms. The number of hydrogen-bond donors (Lipinski definition) is 0. The van der Waals surface area contributed by atoms with Crippen LogP contribution in [0.2, 0.25) is 0 Å². The molecule has 3 aliphatic heterocycles. The summed E-state index contributed by atoms with van der Waals surface area (Å²) in [6, 6.07) is 6.12. The quantitative estimate of drug-likeness (QED) is 0.697. The van der Waals surface area contributed by atoms with Crippen molar-refractivity contribution in [3.63, 3.8) is 0 Å². The topological polar surface area (TPSA) is 53.1 Å². The maximum atomic E-state index is 13.5. The van der Waals surface area contributed by atoms with Gasteiger partial charge in [0.25, 0.3) is 11.8 Å². The number of carbonyl (C=O) groups excluding carboxylic acids is 2. The first-order chi connectivity index (χ1) is 14.5. The summed E-state index contributed by atoms with van der Waals surface area (Å²) in [4.78, 5) is 33.0. The lowest BCUT2D eigenvalue weighted by Gasteiger charge is -2.33. The smallest absolute Gasteiger partial charge is 0.277 e. The molecule has 3 heterocycles. The zero-order chi connectivity index (χ0) is 21.3. The van der Waals surface area contributed by atoms with Gasteiger partial charge in [0.2, 0.25) is 0 Å². The van der Waals surface area contributed by atoms with Crippen LogP contribution in [-0.4, -0.2) is 79.0 Å². The van der Waals surface area contributed by atoms with Crippen LogP contribution in [0.3, 0.4) is 0 Å². The zero-order valence-corrected chi connectivity index (χ0v) is 18.4. The van der Waals surface area contributed by atoms with Gasteiger partial charge in [-0.1, -0.05) is 30.7 Å². The summed E-state index contributed by atoms with van der Waals surface area (Å²) >= 11 is 0. The Hall–Kier alpha value is -2.18. The minimum absolute atomic E-state index is 0.127. The minimum Gasteiger partial charge on any atom is -0.379 e. The monoisotopic (exact) mass is 411 g/mol. The van der Waals surface area contributed by atoms with Gasteiger partial charge in [-0.15, -0.1) is 0 Å². The summed E-state index contributed by atoms with van der Waals surface area (Å²) < 4.78 is 5.41. The predicted octanol–water partition coefficient (Wildman–Crippen LogP) is 2.45. The first-order valence-corrected chi connectivity index (χ1v) is 11.2. The number of hydrogen-bond acceptors (Lipinski definition) is 5. The Morgan fingerprint density at radius 1 is 1.03 bits per heavy atom. The molecule has 6 nitrogen and oxygen atoms in total. The second kappa shape index (κ2) is 8.90. The van der Waals surface area contributed by atoms with Gasteiger partial charge in [0.1, 0.15) is 5.70 Å². The van der Waals surface area contributed by atoms with Crippen molar-refractivity contribution in [2.24, 2.45) is 5.92 Å². The van der Waals surface area contributed by atoms with Crippen molar-refractivity contribution in [2.75, 3.05) is 52.5 Å². The van der Waals surface area contributed by atoms with Gasteiger partial charge in [-0.2, -0.15) is 0 Å². The highest BCUT2D eigenvalue weighted by Crippen LogP contribution is 2.35. The van der Waals surface area contributed by atoms with Gasteiger partial charge in [-0.3, -0.25) is 19.4 Å². The van der Waals surface area contributed by atoms with Crippen LogP contribution in [-0.2, 0) is 14.3 Å². The second-order valence-corrected chi connectivity index (χ2v) is 8.95. The number of rotatable bonds is 5. The highest BCUT2D eigenvalue weighted by atomic mass is 16.5. The highest BCUT2D eigenvalue weighted by molar-refractivity contribution is 6.35. The van der Waals surface area contributed by atoms with E-state index in [1.807, 2.05) is 19.1 Å². The van der Waals surface area contributed by atoms with E-state index in [2.05, 4.69) is 29.7 Å². The van der Waals surface area contributed by atoms with E-state index < -0.39 is 0 Å². The zero-order valence-electron chi connectivity index (χ0n) is 18.4. The maximum absolute atomic E-state index is 13.5. The van der Waals surface area contributed by atoms with Gasteiger partial charge in [0, 0.05) is 39.3 Å². The van der Waals surface area contributed by atoms with Crippen molar-refractivity contribution in [1.29, 1.82) is 0 Å². The molecular formula is C24H33N3O3. The van der Waals surface area contributed by atoms with Gasteiger partial charge in [-0.05, 0) is 43.7 Å². The minimum atomic E-state index is -0.145. The summed E-state index contributed by atoms with van der Waals surface area (Å²) in [5.41, 5.74) is 4.30. The molecule has 1 unspecified atom stereocenters. The number of imide groups is 1. The van der Waals surface area contributed by atoms with E-state index in [9.17, 15) is 9.59 Å². The maximum Gasteiger partial charge on any atom is 0.277 e. The van der Waals surface area contributed by atoms with E-state index in [1.165, 1.54) is 11.3 Å². The standard InChI is InChI=1S/C24H33N3O3/c1-17-6-7-20(19(3)15-17)21-22(26-8-4-5-18(2)16-26)24(29)27(23(21)28)10-9-25-11-13-30-14-12-25/h6-7,15,18H,4-5,8-14,16H2,1-3H3. The third-order valence-electron chi connectivity index (χ3n) is 6.51. The molecule has 2 amide bonds. The Kier molecular flexibility index (Phi) is 6.25. The summed E-state index contributed by atoms with van der Waals surface area (Å²) in [6.45, 7) is 12.2. The van der Waals surface area contributed by atoms with Crippen molar-refractivity contribution in [1.82, 2.24) is 14.7 Å². The van der Waals surface area contributed by atoms with Gasteiger partial charge in [-0.25, -0.2) is 0 Å². The van der Waals surface area contributed by atoms with Gasteiger partial charge in [0.05, 0.1) is 18.8 Å². The molecule has 0 aromatic heterocycles. The fourth-order valence-electron chi connectivity index (χ4n) is 4.86. The third kappa shape index (κ3) is 4.16. The Morgan fingerprint density at radius 2 is 1.80 bits per heavy atom. The number of benzene rings is 1. The summed E-state index contributed by atoms with van der Waals surface area (Å²) in [7, 11) is 0. The molecule has 0 radical (unpaired) electrons. The number of morpholine rings is 1. The van der Waals surface area contributed by atoms with Crippen LogP contribution in [0.15, 0.2) is 23.9 Å². The predicted molar refractivity (Wildman–Crippen MR) is 117 cm³/mol. The summed E-state index contributed by atoms with van der Waals surface area (Å²) in [6.07, 6.45) is 2.23. The number of ether oxygens (including phenoxy) is 1. The van der Waals surface area contributed by atoms with Gasteiger partial charge >= 0.3 is 0 Å². The molecule has 0 spiro atoms. The number of likely N-dealkylation sites (tertiary alicyclic amines) is 1. The summed E-state index contributed by atoms with van der Waals surface area (Å²) in [5, 5.41) is 0. The van der Waals surface area contributed by atoms with Crippen LogP contribution in [0.4, 0.5) is 0 Å². The van der Waals surface area contributed by atoms with Crippen LogP contribution >= 0.6 is 0 Å². The molecule has 0 saturated carbocycles. The number of carbonyl (C=O) groups is 2. The van der Waals surface area contributed by atoms with Crippen molar-refractivity contribution < 1.29 is 14.3 Å². The van der Waals surface area contributed by atoms with Crippen molar-refractivity contribution in [2.45, 2.75) is 33.6 Å². The first-order valence-electron chi connectivity index (χ1n) is 11.2. The molecule has 1 aromatic rings. The van der Waals surface area contributed by atoms with Crippen molar-refractivity contribution in [3.05, 3.63) is 40.6 Å². The number of nitrogens with zero attached hydrogens (tertiary/aromatic N) is 3. The molecule has 0 bridgehead atoms. The number of aryl methyl sites for hydroxylation is 2. The van der Waals surface area contributed by atoms with Crippen molar-refractivity contribution >= 4 is 17.4 Å². The Labute approximate surface area is 179 Å². The molecule has 0 N–H and O–H groups in total. The molecule has 2 fully saturated rings. The molecule has 30 heavy (non-hydrogen) atoms. The average Bonchev–Trinajstić information content (AvgIpc) is 2.97. The largest absolute Gasteiger partial charge is 0.379 e. The first kappa shape index (κ1) is 21.1. The Morgan fingerprint density at radius 3 is 2.50 bits per heavy atom. The lowest BCUT2D eigenvalue weighted by Crippen LogP contribution is -2.44. The molecule has 162 valence electrons. The van der Waals surface area contributed by atoms with E-state index in [0.717, 1.165) is 49.3 Å². The second-order valence-electron chi connectivity index (χ2n) is 8.95. The molecule has 3 aliphatic rings. The fourth-order valence-corrected chi connectivity index (χ4v) is 4.86. The molecular weight excluding hydrogens is 378 g/mol. The molecule has 1 atom stereocenters. The van der Waals surface area contributed by atoms with Crippen LogP contribution in [0.25, 0.3) is 5.57 Å². The van der Waals surface area contributed by atoms with Crippen LogP contribution in [0.5, 0.6) is 0 Å². The van der Waals surface area contributed by atoms with Gasteiger partial charge in [0.15, 0.2) is 0 Å². The highest BCUT2D eigenvalue weighted by Gasteiger charge is 2.42. The van der Waals surface area contributed by atoms with E-state index in [4.69, 9.17) is 4.74 Å². The number of piperidine rings is 1. The Bertz CT molecular complexity index is 857. The van der Waals surface area contributed by atoms with Crippen LogP contribution in [0, 0.1) is 19.8 Å². The van der Waals surface area contributed by atoms with E-state index in [-0.39, 0.29) is 11.8 Å². The third-order valence-corrected chi connectivity index (χ3v) is 6.51. The SMILES string of the molecule is Cc1ccc(C2=C(N3CCCC(C)C3)C(=O)N(CCN3CCOCC3)C2=O)c(C)c1.